The van der Waals surface area contributed by atoms with Crippen molar-refractivity contribution in [1.82, 2.24) is 0 Å². The predicted octanol–water partition coefficient (Wildman–Crippen LogP) is 3.53. The van der Waals surface area contributed by atoms with Gasteiger partial charge >= 0.3 is 0 Å². The summed E-state index contributed by atoms with van der Waals surface area (Å²) in [4.78, 5) is 0.0492. The summed E-state index contributed by atoms with van der Waals surface area (Å²) in [5, 5.41) is 6.20. The van der Waals surface area contributed by atoms with Crippen LogP contribution in [0.3, 0.4) is 0 Å². The number of ether oxygens (including phenoxy) is 1. The van der Waals surface area contributed by atoms with Crippen LogP contribution >= 0.6 is 23.2 Å². The molecule has 0 aliphatic heterocycles. The van der Waals surface area contributed by atoms with Gasteiger partial charge in [0.1, 0.15) is 12.4 Å². The van der Waals surface area contributed by atoms with Gasteiger partial charge in [-0.05, 0) is 48.9 Å². The van der Waals surface area contributed by atoms with Crippen LogP contribution in [0.4, 0.5) is 0 Å². The summed E-state index contributed by atoms with van der Waals surface area (Å²) in [5.74, 6) is 0.554. The molecule has 0 aliphatic carbocycles. The second-order valence-electron chi connectivity index (χ2n) is 4.50. The zero-order chi connectivity index (χ0) is 15.6. The molecule has 0 spiro atoms. The molecule has 2 N–H and O–H groups in total. The van der Waals surface area contributed by atoms with Crippen molar-refractivity contribution < 1.29 is 13.2 Å². The molecule has 2 rings (SSSR count). The van der Waals surface area contributed by atoms with Gasteiger partial charge in [-0.25, -0.2) is 13.6 Å². The molecule has 0 atom stereocenters. The highest BCUT2D eigenvalue weighted by Crippen LogP contribution is 2.25. The van der Waals surface area contributed by atoms with E-state index in [1.54, 1.807) is 31.2 Å². The van der Waals surface area contributed by atoms with Crippen molar-refractivity contribution in [3.8, 4) is 5.75 Å². The third-order valence-electron chi connectivity index (χ3n) is 2.87. The average Bonchev–Trinajstić information content (AvgIpc) is 2.40. The fourth-order valence-corrected chi connectivity index (χ4v) is 2.74. The second kappa shape index (κ2) is 6.23. The average molecular weight is 346 g/mol. The fourth-order valence-electron chi connectivity index (χ4n) is 1.77. The number of benzene rings is 2. The molecule has 0 fully saturated rings. The van der Waals surface area contributed by atoms with E-state index in [1.807, 2.05) is 0 Å². The molecule has 0 radical (unpaired) electrons. The molecule has 0 aliphatic rings. The van der Waals surface area contributed by atoms with Crippen molar-refractivity contribution >= 4 is 33.2 Å². The lowest BCUT2D eigenvalue weighted by atomic mass is 10.2. The van der Waals surface area contributed by atoms with Gasteiger partial charge in [0.05, 0.1) is 4.90 Å². The Labute approximate surface area is 133 Å². The Kier molecular flexibility index (Phi) is 4.78. The largest absolute Gasteiger partial charge is 0.489 e. The SMILES string of the molecule is Cc1cc(S(N)(=O)=O)ccc1OCc1cc(Cl)ccc1Cl. The maximum atomic E-state index is 11.3. The van der Waals surface area contributed by atoms with Gasteiger partial charge in [0.15, 0.2) is 0 Å². The minimum Gasteiger partial charge on any atom is -0.489 e. The molecule has 0 bridgehead atoms. The van der Waals surface area contributed by atoms with E-state index in [2.05, 4.69) is 0 Å². The van der Waals surface area contributed by atoms with Gasteiger partial charge in [0, 0.05) is 15.6 Å². The Morgan fingerprint density at radius 1 is 1.14 bits per heavy atom. The lowest BCUT2D eigenvalue weighted by molar-refractivity contribution is 0.304. The summed E-state index contributed by atoms with van der Waals surface area (Å²) in [6, 6.07) is 9.53. The third kappa shape index (κ3) is 4.11. The van der Waals surface area contributed by atoms with Crippen LogP contribution in [-0.2, 0) is 16.6 Å². The van der Waals surface area contributed by atoms with Crippen LogP contribution in [0.25, 0.3) is 0 Å². The molecule has 112 valence electrons. The minimum atomic E-state index is -3.72. The number of sulfonamides is 1. The van der Waals surface area contributed by atoms with Crippen LogP contribution in [0.1, 0.15) is 11.1 Å². The highest BCUT2D eigenvalue weighted by atomic mass is 35.5. The fraction of sp³-hybridized carbons (Fsp3) is 0.143. The van der Waals surface area contributed by atoms with Gasteiger partial charge in [-0.1, -0.05) is 23.2 Å². The van der Waals surface area contributed by atoms with Crippen molar-refractivity contribution in [3.63, 3.8) is 0 Å². The molecule has 0 amide bonds. The number of halogens is 2. The van der Waals surface area contributed by atoms with E-state index >= 15 is 0 Å². The summed E-state index contributed by atoms with van der Waals surface area (Å²) >= 11 is 12.0. The van der Waals surface area contributed by atoms with E-state index in [-0.39, 0.29) is 11.5 Å². The monoisotopic (exact) mass is 345 g/mol. The van der Waals surface area contributed by atoms with Gasteiger partial charge < -0.3 is 4.74 Å². The minimum absolute atomic E-state index is 0.0492. The first-order chi connectivity index (χ1) is 9.77. The molecular weight excluding hydrogens is 333 g/mol. The number of rotatable bonds is 4. The van der Waals surface area contributed by atoms with E-state index in [0.717, 1.165) is 5.56 Å². The quantitative estimate of drug-likeness (QED) is 0.921. The van der Waals surface area contributed by atoms with Crippen molar-refractivity contribution in [3.05, 3.63) is 57.6 Å². The topological polar surface area (TPSA) is 69.4 Å². The molecule has 0 aromatic heterocycles. The van der Waals surface area contributed by atoms with E-state index in [1.165, 1.54) is 12.1 Å². The Morgan fingerprint density at radius 3 is 2.48 bits per heavy atom. The molecular formula is C14H13Cl2NO3S. The molecule has 0 saturated heterocycles. The third-order valence-corrected chi connectivity index (χ3v) is 4.38. The van der Waals surface area contributed by atoms with Gasteiger partial charge in [-0.3, -0.25) is 0 Å². The van der Waals surface area contributed by atoms with Crippen LogP contribution < -0.4 is 9.88 Å². The van der Waals surface area contributed by atoms with Gasteiger partial charge in [0.2, 0.25) is 10.0 Å². The van der Waals surface area contributed by atoms with Crippen LogP contribution in [0.15, 0.2) is 41.3 Å². The van der Waals surface area contributed by atoms with E-state index in [9.17, 15) is 8.42 Å². The van der Waals surface area contributed by atoms with Gasteiger partial charge in [-0.2, -0.15) is 0 Å². The zero-order valence-electron chi connectivity index (χ0n) is 11.1. The van der Waals surface area contributed by atoms with Crippen molar-refractivity contribution in [1.29, 1.82) is 0 Å². The molecule has 7 heteroatoms. The maximum Gasteiger partial charge on any atom is 0.238 e. The van der Waals surface area contributed by atoms with Gasteiger partial charge in [0.25, 0.3) is 0 Å². The Bertz CT molecular complexity index is 776. The molecule has 2 aromatic carbocycles. The molecule has 21 heavy (non-hydrogen) atoms. The lowest BCUT2D eigenvalue weighted by Crippen LogP contribution is -2.12. The summed E-state index contributed by atoms with van der Waals surface area (Å²) in [7, 11) is -3.72. The Hall–Kier alpha value is -1.27. The number of aryl methyl sites for hydroxylation is 1. The van der Waals surface area contributed by atoms with Crippen molar-refractivity contribution in [2.24, 2.45) is 5.14 Å². The first-order valence-electron chi connectivity index (χ1n) is 5.97. The second-order valence-corrected chi connectivity index (χ2v) is 6.90. The van der Waals surface area contributed by atoms with Crippen LogP contribution in [0.2, 0.25) is 10.0 Å². The molecule has 0 unspecified atom stereocenters. The van der Waals surface area contributed by atoms with Gasteiger partial charge in [-0.15, -0.1) is 0 Å². The summed E-state index contributed by atoms with van der Waals surface area (Å²) in [5.41, 5.74) is 1.42. The summed E-state index contributed by atoms with van der Waals surface area (Å²) in [6.45, 7) is 1.97. The summed E-state index contributed by atoms with van der Waals surface area (Å²) in [6.07, 6.45) is 0. The maximum absolute atomic E-state index is 11.3. The van der Waals surface area contributed by atoms with Crippen LogP contribution in [0, 0.1) is 6.92 Å². The standard InChI is InChI=1S/C14H13Cl2NO3S/c1-9-6-12(21(17,18)19)3-5-14(9)20-8-10-7-11(15)2-4-13(10)16/h2-7H,8H2,1H3,(H2,17,18,19). The Balaban J connectivity index is 2.19. The Morgan fingerprint density at radius 2 is 1.86 bits per heavy atom. The predicted molar refractivity (Wildman–Crippen MR) is 83.3 cm³/mol. The smallest absolute Gasteiger partial charge is 0.238 e. The highest BCUT2D eigenvalue weighted by molar-refractivity contribution is 7.89. The lowest BCUT2D eigenvalue weighted by Gasteiger charge is -2.11. The molecule has 0 heterocycles. The number of hydrogen-bond donors (Lipinski definition) is 1. The zero-order valence-corrected chi connectivity index (χ0v) is 13.5. The number of primary sulfonamides is 1. The van der Waals surface area contributed by atoms with E-state index in [0.29, 0.717) is 21.4 Å². The molecule has 4 nitrogen and oxygen atoms in total. The van der Waals surface area contributed by atoms with Crippen molar-refractivity contribution in [2.75, 3.05) is 0 Å². The van der Waals surface area contributed by atoms with Crippen LogP contribution in [-0.4, -0.2) is 8.42 Å². The van der Waals surface area contributed by atoms with Crippen molar-refractivity contribution in [2.45, 2.75) is 18.4 Å². The van der Waals surface area contributed by atoms with E-state index < -0.39 is 10.0 Å². The molecule has 2 aromatic rings. The normalized spacial score (nSPS) is 11.4. The summed E-state index contributed by atoms with van der Waals surface area (Å²) < 4.78 is 28.2. The number of hydrogen-bond acceptors (Lipinski definition) is 3. The van der Waals surface area contributed by atoms with E-state index in [4.69, 9.17) is 33.1 Å². The first-order valence-corrected chi connectivity index (χ1v) is 8.28. The van der Waals surface area contributed by atoms with Crippen LogP contribution in [0.5, 0.6) is 5.75 Å². The first kappa shape index (κ1) is 16.1. The molecule has 0 saturated carbocycles. The highest BCUT2D eigenvalue weighted by Gasteiger charge is 2.10. The number of nitrogens with two attached hydrogens (primary N) is 1.